The number of nitrogens with one attached hydrogen (secondary N) is 1. The monoisotopic (exact) mass is 198 g/mol. The van der Waals surface area contributed by atoms with E-state index in [2.05, 4.69) is 22.4 Å². The zero-order valence-electron chi connectivity index (χ0n) is 8.50. The molecule has 0 spiro atoms. The lowest BCUT2D eigenvalue weighted by molar-refractivity contribution is 0.101. The Labute approximate surface area is 82.5 Å². The van der Waals surface area contributed by atoms with Crippen molar-refractivity contribution in [1.82, 2.24) is 20.3 Å². The molecular weight excluding hydrogens is 183 g/mol. The maximum absolute atomic E-state index is 14.3. The van der Waals surface area contributed by atoms with Gasteiger partial charge in [0, 0.05) is 19.6 Å². The Morgan fingerprint density at radius 2 is 2.50 bits per heavy atom. The quantitative estimate of drug-likeness (QED) is 0.724. The molecule has 1 aromatic rings. The van der Waals surface area contributed by atoms with Crippen molar-refractivity contribution in [3.63, 3.8) is 0 Å². The van der Waals surface area contributed by atoms with Crippen LogP contribution in [0.1, 0.15) is 25.5 Å². The fourth-order valence-electron chi connectivity index (χ4n) is 1.74. The lowest BCUT2D eigenvalue weighted by atomic mass is 9.90. The second kappa shape index (κ2) is 3.31. The Balaban J connectivity index is 2.16. The van der Waals surface area contributed by atoms with Crippen LogP contribution in [0.3, 0.4) is 0 Å². The molecule has 1 aliphatic rings. The number of nitrogens with zero attached hydrogens (tertiary/aromatic N) is 3. The number of rotatable bonds is 1. The topological polar surface area (TPSA) is 42.7 Å². The van der Waals surface area contributed by atoms with Gasteiger partial charge in [-0.15, -0.1) is 0 Å². The molecule has 5 heteroatoms. The summed E-state index contributed by atoms with van der Waals surface area (Å²) in [6, 6.07) is 0.399. The van der Waals surface area contributed by atoms with Gasteiger partial charge in [-0.1, -0.05) is 0 Å². The maximum atomic E-state index is 14.3. The molecule has 1 saturated heterocycles. The standard InChI is InChI=1S/C9H15FN4/c1-7-3-4-9(10,6-11-7)8-5-12-14(2)13-8/h5,7,11H,3-4,6H2,1-2H3. The molecule has 1 fully saturated rings. The van der Waals surface area contributed by atoms with Crippen molar-refractivity contribution in [1.29, 1.82) is 0 Å². The number of piperidine rings is 1. The average molecular weight is 198 g/mol. The average Bonchev–Trinajstić information content (AvgIpc) is 2.58. The fraction of sp³-hybridized carbons (Fsp3) is 0.778. The van der Waals surface area contributed by atoms with Crippen LogP contribution in [-0.2, 0) is 12.7 Å². The van der Waals surface area contributed by atoms with Gasteiger partial charge in [0.2, 0.25) is 0 Å². The number of halogens is 1. The van der Waals surface area contributed by atoms with Crippen LogP contribution in [0.4, 0.5) is 4.39 Å². The summed E-state index contributed by atoms with van der Waals surface area (Å²) in [5.41, 5.74) is -0.889. The van der Waals surface area contributed by atoms with Gasteiger partial charge in [-0.25, -0.2) is 4.39 Å². The van der Waals surface area contributed by atoms with Gasteiger partial charge in [0.25, 0.3) is 0 Å². The number of hydrogen-bond acceptors (Lipinski definition) is 3. The Hall–Kier alpha value is -0.970. The van der Waals surface area contributed by atoms with Gasteiger partial charge >= 0.3 is 0 Å². The highest BCUT2D eigenvalue weighted by molar-refractivity contribution is 5.09. The number of hydrogen-bond donors (Lipinski definition) is 1. The first-order valence-electron chi connectivity index (χ1n) is 4.89. The molecule has 1 aromatic heterocycles. The first-order valence-corrected chi connectivity index (χ1v) is 4.89. The van der Waals surface area contributed by atoms with Crippen molar-refractivity contribution < 1.29 is 4.39 Å². The smallest absolute Gasteiger partial charge is 0.168 e. The van der Waals surface area contributed by atoms with Crippen molar-refractivity contribution in [2.24, 2.45) is 7.05 Å². The van der Waals surface area contributed by atoms with Gasteiger partial charge in [-0.3, -0.25) is 0 Å². The van der Waals surface area contributed by atoms with E-state index in [1.165, 1.54) is 11.0 Å². The van der Waals surface area contributed by atoms with E-state index in [0.29, 0.717) is 24.7 Å². The summed E-state index contributed by atoms with van der Waals surface area (Å²) >= 11 is 0. The summed E-state index contributed by atoms with van der Waals surface area (Å²) in [7, 11) is 1.70. The fourth-order valence-corrected chi connectivity index (χ4v) is 1.74. The first-order chi connectivity index (χ1) is 6.60. The highest BCUT2D eigenvalue weighted by Gasteiger charge is 2.38. The molecule has 0 aromatic carbocycles. The van der Waals surface area contributed by atoms with Crippen molar-refractivity contribution in [2.75, 3.05) is 6.54 Å². The first kappa shape index (κ1) is 9.58. The molecule has 2 rings (SSSR count). The number of aromatic nitrogens is 3. The molecule has 2 atom stereocenters. The van der Waals surface area contributed by atoms with E-state index in [4.69, 9.17) is 0 Å². The van der Waals surface area contributed by atoms with Crippen LogP contribution >= 0.6 is 0 Å². The van der Waals surface area contributed by atoms with Crippen molar-refractivity contribution in [3.8, 4) is 0 Å². The van der Waals surface area contributed by atoms with Crippen molar-refractivity contribution >= 4 is 0 Å². The number of aryl methyl sites for hydroxylation is 1. The predicted molar refractivity (Wildman–Crippen MR) is 50.5 cm³/mol. The maximum Gasteiger partial charge on any atom is 0.168 e. The molecule has 4 nitrogen and oxygen atoms in total. The van der Waals surface area contributed by atoms with Crippen LogP contribution in [0.5, 0.6) is 0 Å². The summed E-state index contributed by atoms with van der Waals surface area (Å²) in [6.07, 6.45) is 2.88. The van der Waals surface area contributed by atoms with Crippen LogP contribution < -0.4 is 5.32 Å². The molecule has 2 unspecified atom stereocenters. The van der Waals surface area contributed by atoms with E-state index < -0.39 is 5.67 Å². The minimum Gasteiger partial charge on any atom is -0.311 e. The SMILES string of the molecule is CC1CCC(F)(c2cnn(C)n2)CN1. The Kier molecular flexibility index (Phi) is 2.26. The van der Waals surface area contributed by atoms with Crippen molar-refractivity contribution in [2.45, 2.75) is 31.5 Å². The van der Waals surface area contributed by atoms with Crippen LogP contribution in [0, 0.1) is 0 Å². The van der Waals surface area contributed by atoms with Crippen LogP contribution in [-0.4, -0.2) is 27.6 Å². The molecule has 0 saturated carbocycles. The predicted octanol–water partition coefficient (Wildman–Crippen LogP) is 0.752. The molecule has 0 aliphatic carbocycles. The molecule has 1 N–H and O–H groups in total. The zero-order chi connectivity index (χ0) is 10.2. The lowest BCUT2D eigenvalue weighted by Gasteiger charge is -2.31. The third kappa shape index (κ3) is 1.64. The molecule has 78 valence electrons. The number of alkyl halides is 1. The van der Waals surface area contributed by atoms with Crippen molar-refractivity contribution in [3.05, 3.63) is 11.9 Å². The minimum atomic E-state index is -1.33. The molecule has 0 bridgehead atoms. The zero-order valence-corrected chi connectivity index (χ0v) is 8.50. The van der Waals surface area contributed by atoms with Gasteiger partial charge in [-0.05, 0) is 19.8 Å². The Morgan fingerprint density at radius 3 is 3.00 bits per heavy atom. The third-order valence-corrected chi connectivity index (χ3v) is 2.76. The molecule has 0 radical (unpaired) electrons. The summed E-state index contributed by atoms with van der Waals surface area (Å²) in [5, 5.41) is 11.0. The molecule has 0 amide bonds. The molecule has 1 aliphatic heterocycles. The van der Waals surface area contributed by atoms with E-state index in [9.17, 15) is 4.39 Å². The lowest BCUT2D eigenvalue weighted by Crippen LogP contribution is -2.45. The Bertz CT molecular complexity index is 314. The van der Waals surface area contributed by atoms with Gasteiger partial charge in [-0.2, -0.15) is 15.0 Å². The Morgan fingerprint density at radius 1 is 1.71 bits per heavy atom. The van der Waals surface area contributed by atoms with Crippen LogP contribution in [0.2, 0.25) is 0 Å². The van der Waals surface area contributed by atoms with Gasteiger partial charge in [0.05, 0.1) is 6.20 Å². The molecular formula is C9H15FN4. The summed E-state index contributed by atoms with van der Waals surface area (Å²) in [5.74, 6) is 0. The minimum absolute atomic E-state index is 0.340. The molecule has 14 heavy (non-hydrogen) atoms. The van der Waals surface area contributed by atoms with E-state index in [1.54, 1.807) is 7.05 Å². The molecule has 2 heterocycles. The van der Waals surface area contributed by atoms with Crippen LogP contribution in [0.15, 0.2) is 6.20 Å². The van der Waals surface area contributed by atoms with E-state index in [0.717, 1.165) is 6.42 Å². The van der Waals surface area contributed by atoms with E-state index >= 15 is 0 Å². The third-order valence-electron chi connectivity index (χ3n) is 2.76. The largest absolute Gasteiger partial charge is 0.311 e. The van der Waals surface area contributed by atoms with E-state index in [1.807, 2.05) is 0 Å². The summed E-state index contributed by atoms with van der Waals surface area (Å²) < 4.78 is 14.3. The van der Waals surface area contributed by atoms with Gasteiger partial charge < -0.3 is 5.32 Å². The highest BCUT2D eigenvalue weighted by Crippen LogP contribution is 2.32. The second-order valence-electron chi connectivity index (χ2n) is 4.01. The normalized spacial score (nSPS) is 33.2. The summed E-state index contributed by atoms with van der Waals surface area (Å²) in [6.45, 7) is 2.41. The van der Waals surface area contributed by atoms with E-state index in [-0.39, 0.29) is 0 Å². The summed E-state index contributed by atoms with van der Waals surface area (Å²) in [4.78, 5) is 1.40. The second-order valence-corrected chi connectivity index (χ2v) is 4.01. The highest BCUT2D eigenvalue weighted by atomic mass is 19.1. The van der Waals surface area contributed by atoms with Crippen LogP contribution in [0.25, 0.3) is 0 Å². The van der Waals surface area contributed by atoms with Gasteiger partial charge in [0.1, 0.15) is 5.69 Å². The van der Waals surface area contributed by atoms with Gasteiger partial charge in [0.15, 0.2) is 5.67 Å².